The Labute approximate surface area is 107 Å². The molecule has 1 saturated heterocycles. The van der Waals surface area contributed by atoms with Crippen LogP contribution in [0.5, 0.6) is 0 Å². The maximum Gasteiger partial charge on any atom is 0.136 e. The molecule has 2 nitrogen and oxygen atoms in total. The molecule has 1 aliphatic rings. The van der Waals surface area contributed by atoms with Crippen molar-refractivity contribution >= 4 is 22.2 Å². The molecule has 2 aromatic rings. The van der Waals surface area contributed by atoms with E-state index in [-0.39, 0.29) is 0 Å². The number of nitrogens with zero attached hydrogens (tertiary/aromatic N) is 1. The molecule has 0 bridgehead atoms. The predicted octanol–water partition coefficient (Wildman–Crippen LogP) is 3.40. The summed E-state index contributed by atoms with van der Waals surface area (Å²) in [7, 11) is 0. The van der Waals surface area contributed by atoms with E-state index in [0.29, 0.717) is 24.7 Å². The number of rotatable bonds is 1. The zero-order chi connectivity index (χ0) is 12.5. The van der Waals surface area contributed by atoms with Crippen molar-refractivity contribution in [2.45, 2.75) is 25.8 Å². The zero-order valence-corrected chi connectivity index (χ0v) is 10.6. The number of Topliss-reactive ketones (excluding diaryl/α,β-unsaturated/α-hetero) is 1. The molecule has 1 atom stereocenters. The number of anilines is 1. The Morgan fingerprint density at radius 2 is 1.89 bits per heavy atom. The average Bonchev–Trinajstić information content (AvgIpc) is 2.38. The number of carbonyl (C=O) groups is 1. The van der Waals surface area contributed by atoms with Crippen LogP contribution in [-0.4, -0.2) is 18.4 Å². The number of benzene rings is 2. The van der Waals surface area contributed by atoms with Crippen LogP contribution in [0, 0.1) is 0 Å². The molecule has 0 N–H and O–H groups in total. The number of hydrogen-bond donors (Lipinski definition) is 0. The van der Waals surface area contributed by atoms with Crippen LogP contribution < -0.4 is 4.90 Å². The van der Waals surface area contributed by atoms with Gasteiger partial charge in [-0.25, -0.2) is 0 Å². The van der Waals surface area contributed by atoms with E-state index in [2.05, 4.69) is 54.3 Å². The summed E-state index contributed by atoms with van der Waals surface area (Å²) in [5, 5.41) is 2.54. The molecule has 1 unspecified atom stereocenters. The highest BCUT2D eigenvalue weighted by molar-refractivity contribution is 5.95. The number of fused-ring (bicyclic) bond motifs is 1. The van der Waals surface area contributed by atoms with Crippen LogP contribution in [0.3, 0.4) is 0 Å². The number of ketones is 1. The average molecular weight is 239 g/mol. The van der Waals surface area contributed by atoms with Gasteiger partial charge in [-0.2, -0.15) is 0 Å². The second-order valence-electron chi connectivity index (χ2n) is 5.03. The van der Waals surface area contributed by atoms with Crippen molar-refractivity contribution in [1.29, 1.82) is 0 Å². The van der Waals surface area contributed by atoms with Gasteiger partial charge in [-0.3, -0.25) is 4.79 Å². The fraction of sp³-hybridized carbons (Fsp3) is 0.312. The summed E-state index contributed by atoms with van der Waals surface area (Å²) in [5.41, 5.74) is 1.26. The molecule has 2 aromatic carbocycles. The van der Waals surface area contributed by atoms with Crippen molar-refractivity contribution < 1.29 is 4.79 Å². The molecule has 92 valence electrons. The standard InChI is InChI=1S/C16H17NO/c1-12-11-14(18)9-10-17(12)16-8-4-6-13-5-2-3-7-15(13)16/h2-8,12H,9-11H2,1H3. The van der Waals surface area contributed by atoms with E-state index in [0.717, 1.165) is 6.54 Å². The summed E-state index contributed by atoms with van der Waals surface area (Å²) in [4.78, 5) is 13.9. The van der Waals surface area contributed by atoms with Crippen LogP contribution in [0.1, 0.15) is 19.8 Å². The number of carbonyl (C=O) groups excluding carboxylic acids is 1. The van der Waals surface area contributed by atoms with E-state index in [1.165, 1.54) is 16.5 Å². The molecular weight excluding hydrogens is 222 g/mol. The molecule has 0 aromatic heterocycles. The minimum Gasteiger partial charge on any atom is -0.367 e. The lowest BCUT2D eigenvalue weighted by Gasteiger charge is -2.35. The quantitative estimate of drug-likeness (QED) is 0.760. The first-order valence-corrected chi connectivity index (χ1v) is 6.52. The Morgan fingerprint density at radius 3 is 2.72 bits per heavy atom. The molecule has 0 amide bonds. The van der Waals surface area contributed by atoms with Gasteiger partial charge in [0.15, 0.2) is 0 Å². The second kappa shape index (κ2) is 4.45. The topological polar surface area (TPSA) is 20.3 Å². The van der Waals surface area contributed by atoms with Gasteiger partial charge in [-0.1, -0.05) is 36.4 Å². The normalized spacial score (nSPS) is 20.4. The molecule has 0 spiro atoms. The van der Waals surface area contributed by atoms with Gasteiger partial charge in [0.05, 0.1) is 0 Å². The summed E-state index contributed by atoms with van der Waals surface area (Å²) in [6, 6.07) is 15.1. The van der Waals surface area contributed by atoms with E-state index in [9.17, 15) is 4.79 Å². The number of hydrogen-bond acceptors (Lipinski definition) is 2. The van der Waals surface area contributed by atoms with Crippen molar-refractivity contribution in [3.05, 3.63) is 42.5 Å². The smallest absolute Gasteiger partial charge is 0.136 e. The van der Waals surface area contributed by atoms with Gasteiger partial charge in [0.1, 0.15) is 5.78 Å². The third-order valence-electron chi connectivity index (χ3n) is 3.76. The van der Waals surface area contributed by atoms with Gasteiger partial charge in [0.25, 0.3) is 0 Å². The maximum absolute atomic E-state index is 11.5. The molecular formula is C16H17NO. The monoisotopic (exact) mass is 239 g/mol. The van der Waals surface area contributed by atoms with E-state index < -0.39 is 0 Å². The maximum atomic E-state index is 11.5. The van der Waals surface area contributed by atoms with Crippen LogP contribution in [0.2, 0.25) is 0 Å². The molecule has 0 saturated carbocycles. The Balaban J connectivity index is 2.06. The van der Waals surface area contributed by atoms with Crippen LogP contribution in [0.15, 0.2) is 42.5 Å². The van der Waals surface area contributed by atoms with Crippen LogP contribution >= 0.6 is 0 Å². The molecule has 1 aliphatic heterocycles. The van der Waals surface area contributed by atoms with Crippen molar-refractivity contribution in [3.63, 3.8) is 0 Å². The lowest BCUT2D eigenvalue weighted by Crippen LogP contribution is -2.41. The fourth-order valence-electron chi connectivity index (χ4n) is 2.82. The van der Waals surface area contributed by atoms with Crippen LogP contribution in [0.25, 0.3) is 10.8 Å². The van der Waals surface area contributed by atoms with Gasteiger partial charge in [0.2, 0.25) is 0 Å². The number of piperidine rings is 1. The lowest BCUT2D eigenvalue weighted by atomic mass is 9.99. The van der Waals surface area contributed by atoms with Crippen molar-refractivity contribution in [2.24, 2.45) is 0 Å². The largest absolute Gasteiger partial charge is 0.367 e. The molecule has 3 rings (SSSR count). The Kier molecular flexibility index (Phi) is 2.78. The fourth-order valence-corrected chi connectivity index (χ4v) is 2.82. The molecule has 1 heterocycles. The molecule has 0 radical (unpaired) electrons. The Morgan fingerprint density at radius 1 is 1.11 bits per heavy atom. The van der Waals surface area contributed by atoms with E-state index in [4.69, 9.17) is 0 Å². The third-order valence-corrected chi connectivity index (χ3v) is 3.76. The SMILES string of the molecule is CC1CC(=O)CCN1c1cccc2ccccc12. The molecule has 2 heteroatoms. The van der Waals surface area contributed by atoms with Crippen molar-refractivity contribution in [2.75, 3.05) is 11.4 Å². The van der Waals surface area contributed by atoms with Crippen LogP contribution in [0.4, 0.5) is 5.69 Å². The molecule has 0 aliphatic carbocycles. The molecule has 18 heavy (non-hydrogen) atoms. The van der Waals surface area contributed by atoms with Gasteiger partial charge in [-0.05, 0) is 18.4 Å². The summed E-state index contributed by atoms with van der Waals surface area (Å²) in [6.45, 7) is 2.98. The highest BCUT2D eigenvalue weighted by Gasteiger charge is 2.24. The van der Waals surface area contributed by atoms with E-state index in [1.807, 2.05) is 0 Å². The van der Waals surface area contributed by atoms with Gasteiger partial charge >= 0.3 is 0 Å². The minimum absolute atomic E-state index is 0.303. The lowest BCUT2D eigenvalue weighted by molar-refractivity contribution is -0.120. The minimum atomic E-state index is 0.303. The highest BCUT2D eigenvalue weighted by Crippen LogP contribution is 2.30. The highest BCUT2D eigenvalue weighted by atomic mass is 16.1. The summed E-state index contributed by atoms with van der Waals surface area (Å²) < 4.78 is 0. The molecule has 1 fully saturated rings. The predicted molar refractivity (Wildman–Crippen MR) is 75.0 cm³/mol. The first kappa shape index (κ1) is 11.3. The summed E-state index contributed by atoms with van der Waals surface area (Å²) in [5.74, 6) is 0.388. The summed E-state index contributed by atoms with van der Waals surface area (Å²) >= 11 is 0. The first-order chi connectivity index (χ1) is 8.75. The Bertz CT molecular complexity index is 585. The first-order valence-electron chi connectivity index (χ1n) is 6.52. The van der Waals surface area contributed by atoms with Crippen LogP contribution in [-0.2, 0) is 4.79 Å². The van der Waals surface area contributed by atoms with Crippen molar-refractivity contribution in [1.82, 2.24) is 0 Å². The van der Waals surface area contributed by atoms with Gasteiger partial charge in [-0.15, -0.1) is 0 Å². The van der Waals surface area contributed by atoms with Gasteiger partial charge in [0, 0.05) is 36.5 Å². The zero-order valence-electron chi connectivity index (χ0n) is 10.6. The summed E-state index contributed by atoms with van der Waals surface area (Å²) in [6.07, 6.45) is 1.34. The second-order valence-corrected chi connectivity index (χ2v) is 5.03. The van der Waals surface area contributed by atoms with E-state index in [1.54, 1.807) is 0 Å². The third kappa shape index (κ3) is 1.88. The van der Waals surface area contributed by atoms with E-state index >= 15 is 0 Å². The Hall–Kier alpha value is -1.83. The van der Waals surface area contributed by atoms with Gasteiger partial charge < -0.3 is 4.90 Å². The van der Waals surface area contributed by atoms with Crippen molar-refractivity contribution in [3.8, 4) is 0 Å².